The normalized spacial score (nSPS) is 11.1. The maximum Gasteiger partial charge on any atom is 0.223 e. The molecule has 0 atom stereocenters. The van der Waals surface area contributed by atoms with Crippen LogP contribution in [0, 0.1) is 0 Å². The molecule has 4 heteroatoms. The van der Waals surface area contributed by atoms with Crippen LogP contribution in [0.1, 0.15) is 33.1 Å². The highest BCUT2D eigenvalue weighted by atomic mass is 16.5. The van der Waals surface area contributed by atoms with E-state index in [9.17, 15) is 4.79 Å². The zero-order chi connectivity index (χ0) is 14.1. The summed E-state index contributed by atoms with van der Waals surface area (Å²) >= 11 is 0. The molecule has 0 spiro atoms. The molecule has 0 unspecified atom stereocenters. The molecule has 0 aliphatic heterocycles. The molecule has 19 heavy (non-hydrogen) atoms. The number of para-hydroxylation sites is 1. The lowest BCUT2D eigenvalue weighted by atomic mass is 9.93. The Morgan fingerprint density at radius 3 is 2.42 bits per heavy atom. The monoisotopic (exact) mass is 264 g/mol. The number of amides is 1. The topological polar surface area (TPSA) is 64.3 Å². The number of carbonyl (C=O) groups excluding carboxylic acids is 1. The Kier molecular flexibility index (Phi) is 6.36. The number of nitrogens with two attached hydrogens (primary N) is 1. The van der Waals surface area contributed by atoms with Crippen LogP contribution in [0.15, 0.2) is 30.3 Å². The third-order valence-electron chi connectivity index (χ3n) is 3.49. The fourth-order valence-corrected chi connectivity index (χ4v) is 1.90. The van der Waals surface area contributed by atoms with Gasteiger partial charge in [-0.25, -0.2) is 0 Å². The third kappa shape index (κ3) is 4.91. The smallest absolute Gasteiger partial charge is 0.223 e. The lowest BCUT2D eigenvalue weighted by Crippen LogP contribution is -2.53. The first kappa shape index (κ1) is 15.5. The van der Waals surface area contributed by atoms with Crippen molar-refractivity contribution in [3.8, 4) is 5.75 Å². The molecule has 0 aromatic heterocycles. The molecular formula is C15H24N2O2. The molecule has 0 heterocycles. The second-order valence-electron chi connectivity index (χ2n) is 4.65. The Labute approximate surface area is 115 Å². The van der Waals surface area contributed by atoms with E-state index in [4.69, 9.17) is 10.5 Å². The highest BCUT2D eigenvalue weighted by molar-refractivity contribution is 5.77. The molecule has 4 nitrogen and oxygen atoms in total. The summed E-state index contributed by atoms with van der Waals surface area (Å²) in [7, 11) is 0. The van der Waals surface area contributed by atoms with Crippen LogP contribution in [0.5, 0.6) is 5.75 Å². The van der Waals surface area contributed by atoms with Crippen molar-refractivity contribution in [2.75, 3.05) is 13.2 Å². The van der Waals surface area contributed by atoms with E-state index in [0.29, 0.717) is 19.6 Å². The Morgan fingerprint density at radius 2 is 1.89 bits per heavy atom. The number of ether oxygens (including phenoxy) is 1. The Bertz CT molecular complexity index is 367. The fraction of sp³-hybridized carbons (Fsp3) is 0.533. The van der Waals surface area contributed by atoms with E-state index < -0.39 is 0 Å². The van der Waals surface area contributed by atoms with Crippen LogP contribution in [0.4, 0.5) is 0 Å². The van der Waals surface area contributed by atoms with Crippen molar-refractivity contribution < 1.29 is 9.53 Å². The minimum atomic E-state index is -0.274. The van der Waals surface area contributed by atoms with Gasteiger partial charge < -0.3 is 15.8 Å². The van der Waals surface area contributed by atoms with Crippen molar-refractivity contribution in [2.24, 2.45) is 5.73 Å². The average Bonchev–Trinajstić information content (AvgIpc) is 2.46. The second kappa shape index (κ2) is 7.79. The van der Waals surface area contributed by atoms with Gasteiger partial charge in [-0.15, -0.1) is 0 Å². The van der Waals surface area contributed by atoms with Crippen LogP contribution in [0.25, 0.3) is 0 Å². The SMILES string of the molecule is CCC(CC)(CN)NC(=O)CCOc1ccccc1. The summed E-state index contributed by atoms with van der Waals surface area (Å²) < 4.78 is 5.50. The van der Waals surface area contributed by atoms with E-state index in [-0.39, 0.29) is 11.4 Å². The molecule has 0 aliphatic rings. The molecule has 0 aliphatic carbocycles. The summed E-state index contributed by atoms with van der Waals surface area (Å²) in [5.74, 6) is 0.774. The predicted octanol–water partition coefficient (Wildman–Crippen LogP) is 2.09. The quantitative estimate of drug-likeness (QED) is 0.755. The van der Waals surface area contributed by atoms with Crippen LogP contribution in [0.3, 0.4) is 0 Å². The van der Waals surface area contributed by atoms with Gasteiger partial charge in [0, 0.05) is 6.54 Å². The van der Waals surface area contributed by atoms with Crippen LogP contribution >= 0.6 is 0 Å². The van der Waals surface area contributed by atoms with Crippen LogP contribution in [-0.4, -0.2) is 24.6 Å². The van der Waals surface area contributed by atoms with E-state index in [1.807, 2.05) is 44.2 Å². The number of hydrogen-bond acceptors (Lipinski definition) is 3. The molecule has 1 rings (SSSR count). The molecule has 0 saturated heterocycles. The van der Waals surface area contributed by atoms with Crippen molar-refractivity contribution in [3.05, 3.63) is 30.3 Å². The van der Waals surface area contributed by atoms with Gasteiger partial charge in [-0.1, -0.05) is 32.0 Å². The number of benzene rings is 1. The van der Waals surface area contributed by atoms with E-state index in [2.05, 4.69) is 5.32 Å². The largest absolute Gasteiger partial charge is 0.493 e. The predicted molar refractivity (Wildman–Crippen MR) is 77.1 cm³/mol. The molecule has 1 aromatic carbocycles. The van der Waals surface area contributed by atoms with Gasteiger partial charge in [0.2, 0.25) is 5.91 Å². The highest BCUT2D eigenvalue weighted by Gasteiger charge is 2.25. The first-order valence-electron chi connectivity index (χ1n) is 6.84. The summed E-state index contributed by atoms with van der Waals surface area (Å²) in [6.45, 7) is 4.92. The molecule has 0 fully saturated rings. The van der Waals surface area contributed by atoms with E-state index in [0.717, 1.165) is 18.6 Å². The number of hydrogen-bond donors (Lipinski definition) is 2. The summed E-state index contributed by atoms with van der Waals surface area (Å²) in [6.07, 6.45) is 2.02. The molecule has 0 bridgehead atoms. The van der Waals surface area contributed by atoms with Crippen molar-refractivity contribution >= 4 is 5.91 Å². The van der Waals surface area contributed by atoms with Crippen molar-refractivity contribution in [1.82, 2.24) is 5.32 Å². The van der Waals surface area contributed by atoms with Gasteiger partial charge in [-0.2, -0.15) is 0 Å². The maximum atomic E-state index is 11.9. The zero-order valence-corrected chi connectivity index (χ0v) is 11.8. The minimum Gasteiger partial charge on any atom is -0.493 e. The van der Waals surface area contributed by atoms with Crippen molar-refractivity contribution in [2.45, 2.75) is 38.6 Å². The van der Waals surface area contributed by atoms with Crippen molar-refractivity contribution in [1.29, 1.82) is 0 Å². The summed E-state index contributed by atoms with van der Waals surface area (Å²) in [4.78, 5) is 11.9. The summed E-state index contributed by atoms with van der Waals surface area (Å²) in [5, 5.41) is 3.02. The third-order valence-corrected chi connectivity index (χ3v) is 3.49. The molecule has 0 radical (unpaired) electrons. The summed E-state index contributed by atoms with van der Waals surface area (Å²) in [6, 6.07) is 9.49. The maximum absolute atomic E-state index is 11.9. The van der Waals surface area contributed by atoms with E-state index >= 15 is 0 Å². The molecule has 106 valence electrons. The van der Waals surface area contributed by atoms with Gasteiger partial charge in [-0.05, 0) is 25.0 Å². The molecule has 1 aromatic rings. The summed E-state index contributed by atoms with van der Waals surface area (Å²) in [5.41, 5.74) is 5.48. The molecular weight excluding hydrogens is 240 g/mol. The molecule has 1 amide bonds. The lowest BCUT2D eigenvalue weighted by molar-refractivity contribution is -0.123. The van der Waals surface area contributed by atoms with Crippen LogP contribution in [0.2, 0.25) is 0 Å². The van der Waals surface area contributed by atoms with Gasteiger partial charge >= 0.3 is 0 Å². The number of carbonyl (C=O) groups is 1. The number of rotatable bonds is 8. The first-order chi connectivity index (χ1) is 9.15. The first-order valence-corrected chi connectivity index (χ1v) is 6.84. The Balaban J connectivity index is 2.35. The highest BCUT2D eigenvalue weighted by Crippen LogP contribution is 2.13. The van der Waals surface area contributed by atoms with Gasteiger partial charge in [0.1, 0.15) is 5.75 Å². The Hall–Kier alpha value is -1.55. The van der Waals surface area contributed by atoms with Gasteiger partial charge in [0.15, 0.2) is 0 Å². The average molecular weight is 264 g/mol. The standard InChI is InChI=1S/C15H24N2O2/c1-3-15(4-2,12-16)17-14(18)10-11-19-13-8-6-5-7-9-13/h5-9H,3-4,10-12,16H2,1-2H3,(H,17,18). The minimum absolute atomic E-state index is 0.00918. The van der Waals surface area contributed by atoms with Crippen molar-refractivity contribution in [3.63, 3.8) is 0 Å². The number of nitrogens with one attached hydrogen (secondary N) is 1. The van der Waals surface area contributed by atoms with Crippen LogP contribution < -0.4 is 15.8 Å². The van der Waals surface area contributed by atoms with Crippen LogP contribution in [-0.2, 0) is 4.79 Å². The van der Waals surface area contributed by atoms with Gasteiger partial charge in [-0.3, -0.25) is 4.79 Å². The zero-order valence-electron chi connectivity index (χ0n) is 11.8. The van der Waals surface area contributed by atoms with Gasteiger partial charge in [0.05, 0.1) is 18.6 Å². The lowest BCUT2D eigenvalue weighted by Gasteiger charge is -2.31. The van der Waals surface area contributed by atoms with E-state index in [1.165, 1.54) is 0 Å². The molecule has 3 N–H and O–H groups in total. The molecule has 0 saturated carbocycles. The van der Waals surface area contributed by atoms with E-state index in [1.54, 1.807) is 0 Å². The van der Waals surface area contributed by atoms with Gasteiger partial charge in [0.25, 0.3) is 0 Å². The second-order valence-corrected chi connectivity index (χ2v) is 4.65. The Morgan fingerprint density at radius 1 is 1.26 bits per heavy atom. The fourth-order valence-electron chi connectivity index (χ4n) is 1.90.